The first-order chi connectivity index (χ1) is 6.73. The molecule has 1 atom stereocenters. The van der Waals surface area contributed by atoms with E-state index in [4.69, 9.17) is 5.11 Å². The van der Waals surface area contributed by atoms with E-state index in [0.717, 1.165) is 13.0 Å². The molecule has 0 rings (SSSR count). The third kappa shape index (κ3) is 6.96. The summed E-state index contributed by atoms with van der Waals surface area (Å²) in [5.74, 6) is 0. The first kappa shape index (κ1) is 14.0. The molecular weight excluding hydrogens is 205 g/mol. The molecule has 0 fully saturated rings. The molecule has 0 heterocycles. The highest BCUT2D eigenvalue weighted by Crippen LogP contribution is 2.24. The van der Waals surface area contributed by atoms with Gasteiger partial charge in [0.25, 0.3) is 0 Å². The van der Waals surface area contributed by atoms with E-state index in [1.54, 1.807) is 6.92 Å². The molecule has 86 valence electrons. The largest absolute Gasteiger partial charge is 0.412 e. The van der Waals surface area contributed by atoms with Crippen molar-refractivity contribution >= 4 is 0 Å². The van der Waals surface area contributed by atoms with Gasteiger partial charge in [0.15, 0.2) is 0 Å². The fraction of sp³-hybridized carbons (Fsp3) is 0.455. The van der Waals surface area contributed by atoms with Crippen LogP contribution in [0.4, 0.5) is 13.2 Å². The Morgan fingerprint density at radius 3 is 2.40 bits per heavy atom. The summed E-state index contributed by atoms with van der Waals surface area (Å²) in [5, 5.41) is 8.97. The molecule has 1 unspecified atom stereocenters. The van der Waals surface area contributed by atoms with E-state index in [9.17, 15) is 13.2 Å². The minimum absolute atomic E-state index is 0.357. The first-order valence-corrected chi connectivity index (χ1v) is 4.51. The standard InChI is InChI=1S/C11H15F3O/c1-8(7-10(3)15)5-4-6-9(2)11(12,13)14/h4-6,10,15H,1,7H2,2-3H3/b5-4-,9-6+. The van der Waals surface area contributed by atoms with E-state index in [0.29, 0.717) is 12.0 Å². The second kappa shape index (κ2) is 5.75. The number of hydrogen-bond acceptors (Lipinski definition) is 1. The van der Waals surface area contributed by atoms with Crippen molar-refractivity contribution in [3.63, 3.8) is 0 Å². The zero-order chi connectivity index (χ0) is 12.1. The number of halogens is 3. The number of rotatable bonds is 4. The molecule has 0 amide bonds. The minimum Gasteiger partial charge on any atom is -0.393 e. The van der Waals surface area contributed by atoms with Gasteiger partial charge in [-0.15, -0.1) is 0 Å². The van der Waals surface area contributed by atoms with Crippen LogP contribution in [0.15, 0.2) is 36.0 Å². The Kier molecular flexibility index (Phi) is 5.36. The maximum Gasteiger partial charge on any atom is 0.412 e. The van der Waals surface area contributed by atoms with E-state index in [-0.39, 0.29) is 0 Å². The average Bonchev–Trinajstić information content (AvgIpc) is 2.00. The third-order valence-electron chi connectivity index (χ3n) is 1.68. The molecular formula is C11H15F3O. The molecule has 0 aliphatic rings. The van der Waals surface area contributed by atoms with Gasteiger partial charge in [-0.2, -0.15) is 13.2 Å². The number of alkyl halides is 3. The van der Waals surface area contributed by atoms with Gasteiger partial charge in [-0.1, -0.05) is 30.4 Å². The fourth-order valence-corrected chi connectivity index (χ4v) is 0.871. The summed E-state index contributed by atoms with van der Waals surface area (Å²) in [7, 11) is 0. The Morgan fingerprint density at radius 1 is 1.47 bits per heavy atom. The van der Waals surface area contributed by atoms with Crippen LogP contribution in [0.5, 0.6) is 0 Å². The Balaban J connectivity index is 4.26. The molecule has 15 heavy (non-hydrogen) atoms. The molecule has 0 aromatic carbocycles. The van der Waals surface area contributed by atoms with Crippen LogP contribution in [-0.4, -0.2) is 17.4 Å². The van der Waals surface area contributed by atoms with Gasteiger partial charge in [0.2, 0.25) is 0 Å². The molecule has 1 nitrogen and oxygen atoms in total. The van der Waals surface area contributed by atoms with E-state index in [1.165, 1.54) is 12.2 Å². The van der Waals surface area contributed by atoms with Gasteiger partial charge in [-0.3, -0.25) is 0 Å². The Morgan fingerprint density at radius 2 is 2.00 bits per heavy atom. The average molecular weight is 220 g/mol. The number of aliphatic hydroxyl groups is 1. The van der Waals surface area contributed by atoms with Gasteiger partial charge in [0.05, 0.1) is 6.10 Å². The predicted octanol–water partition coefficient (Wildman–Crippen LogP) is 3.38. The molecule has 0 aliphatic carbocycles. The van der Waals surface area contributed by atoms with Crippen LogP contribution in [0.25, 0.3) is 0 Å². The second-order valence-corrected chi connectivity index (χ2v) is 3.42. The van der Waals surface area contributed by atoms with E-state index in [1.807, 2.05) is 0 Å². The Bertz CT molecular complexity index is 272. The van der Waals surface area contributed by atoms with Crippen LogP contribution >= 0.6 is 0 Å². The summed E-state index contributed by atoms with van der Waals surface area (Å²) in [6.45, 7) is 6.19. The van der Waals surface area contributed by atoms with Gasteiger partial charge in [-0.25, -0.2) is 0 Å². The fourth-order valence-electron chi connectivity index (χ4n) is 0.871. The quantitative estimate of drug-likeness (QED) is 0.720. The minimum atomic E-state index is -4.28. The molecule has 0 saturated heterocycles. The van der Waals surface area contributed by atoms with Crippen LogP contribution in [0.3, 0.4) is 0 Å². The zero-order valence-electron chi connectivity index (χ0n) is 8.80. The van der Waals surface area contributed by atoms with E-state index >= 15 is 0 Å². The van der Waals surface area contributed by atoms with Crippen molar-refractivity contribution in [1.29, 1.82) is 0 Å². The van der Waals surface area contributed by atoms with Gasteiger partial charge < -0.3 is 5.11 Å². The first-order valence-electron chi connectivity index (χ1n) is 4.51. The molecule has 0 spiro atoms. The Labute approximate surface area is 87.6 Å². The number of hydrogen-bond donors (Lipinski definition) is 1. The summed E-state index contributed by atoms with van der Waals surface area (Å²) in [6, 6.07) is 0. The highest BCUT2D eigenvalue weighted by Gasteiger charge is 2.29. The van der Waals surface area contributed by atoms with Gasteiger partial charge in [0, 0.05) is 5.57 Å². The predicted molar refractivity (Wildman–Crippen MR) is 54.4 cm³/mol. The lowest BCUT2D eigenvalue weighted by atomic mass is 10.1. The van der Waals surface area contributed by atoms with E-state index < -0.39 is 17.9 Å². The topological polar surface area (TPSA) is 20.2 Å². The zero-order valence-corrected chi connectivity index (χ0v) is 8.80. The summed E-state index contributed by atoms with van der Waals surface area (Å²) in [4.78, 5) is 0. The normalized spacial score (nSPS) is 15.7. The van der Waals surface area contributed by atoms with Crippen LogP contribution in [0.2, 0.25) is 0 Å². The summed E-state index contributed by atoms with van der Waals surface area (Å²) in [5.41, 5.74) is -0.0696. The highest BCUT2D eigenvalue weighted by atomic mass is 19.4. The molecule has 4 heteroatoms. The van der Waals surface area contributed by atoms with Crippen LogP contribution in [-0.2, 0) is 0 Å². The molecule has 1 N–H and O–H groups in total. The number of aliphatic hydroxyl groups excluding tert-OH is 1. The SMILES string of the molecule is C=C(/C=C\C=C(/C)C(F)(F)F)CC(C)O. The van der Waals surface area contributed by atoms with Gasteiger partial charge >= 0.3 is 6.18 Å². The maximum atomic E-state index is 12.0. The third-order valence-corrected chi connectivity index (χ3v) is 1.68. The molecule has 0 radical (unpaired) electrons. The van der Waals surface area contributed by atoms with Gasteiger partial charge in [-0.05, 0) is 20.3 Å². The smallest absolute Gasteiger partial charge is 0.393 e. The summed E-state index contributed by atoms with van der Waals surface area (Å²) in [6.07, 6.45) is -0.733. The van der Waals surface area contributed by atoms with Crippen molar-refractivity contribution in [2.45, 2.75) is 32.5 Å². The van der Waals surface area contributed by atoms with Crippen molar-refractivity contribution in [1.82, 2.24) is 0 Å². The van der Waals surface area contributed by atoms with Crippen molar-refractivity contribution in [3.05, 3.63) is 36.0 Å². The molecule has 0 aromatic heterocycles. The van der Waals surface area contributed by atoms with Crippen LogP contribution < -0.4 is 0 Å². The number of allylic oxidation sites excluding steroid dienone is 4. The van der Waals surface area contributed by atoms with E-state index in [2.05, 4.69) is 6.58 Å². The summed E-state index contributed by atoms with van der Waals surface area (Å²) < 4.78 is 36.1. The van der Waals surface area contributed by atoms with Crippen molar-refractivity contribution in [2.75, 3.05) is 0 Å². The molecule has 0 aliphatic heterocycles. The Hall–Kier alpha value is -1.03. The molecule has 0 bridgehead atoms. The second-order valence-electron chi connectivity index (χ2n) is 3.42. The lowest BCUT2D eigenvalue weighted by Gasteiger charge is -2.04. The van der Waals surface area contributed by atoms with Gasteiger partial charge in [0.1, 0.15) is 0 Å². The maximum absolute atomic E-state index is 12.0. The van der Waals surface area contributed by atoms with Crippen LogP contribution in [0, 0.1) is 0 Å². The van der Waals surface area contributed by atoms with Crippen molar-refractivity contribution < 1.29 is 18.3 Å². The monoisotopic (exact) mass is 220 g/mol. The highest BCUT2D eigenvalue weighted by molar-refractivity contribution is 5.23. The lowest BCUT2D eigenvalue weighted by Crippen LogP contribution is -2.08. The van der Waals surface area contributed by atoms with Crippen molar-refractivity contribution in [2.24, 2.45) is 0 Å². The summed E-state index contributed by atoms with van der Waals surface area (Å²) >= 11 is 0. The van der Waals surface area contributed by atoms with Crippen LogP contribution in [0.1, 0.15) is 20.3 Å². The molecule has 0 saturated carbocycles. The van der Waals surface area contributed by atoms with Crippen molar-refractivity contribution in [3.8, 4) is 0 Å². The lowest BCUT2D eigenvalue weighted by molar-refractivity contribution is -0.0912. The molecule has 0 aromatic rings.